The van der Waals surface area contributed by atoms with E-state index in [2.05, 4.69) is 0 Å². The lowest BCUT2D eigenvalue weighted by Gasteiger charge is -2.45. The minimum Gasteiger partial charge on any atom is -0.479 e. The van der Waals surface area contributed by atoms with E-state index in [1.807, 2.05) is 0 Å². The fraction of sp³-hybridized carbons (Fsp3) is 0.571. The van der Waals surface area contributed by atoms with Gasteiger partial charge in [-0.05, 0) is 0 Å². The third kappa shape index (κ3) is 1.13. The number of thioether (sulfide) groups is 1. The number of fused-ring (bicyclic) bond motifs is 1. The lowest BCUT2D eigenvalue weighted by molar-refractivity contribution is -0.161. The third-order valence-corrected chi connectivity index (χ3v) is 3.41. The summed E-state index contributed by atoms with van der Waals surface area (Å²) in [6, 6.07) is -1.23. The first-order chi connectivity index (χ1) is 6.11. The number of carboxylic acids is 1. The van der Waals surface area contributed by atoms with Crippen LogP contribution in [0.3, 0.4) is 0 Å². The average molecular weight is 201 g/mol. The van der Waals surface area contributed by atoms with Crippen LogP contribution in [0.2, 0.25) is 0 Å². The Labute approximate surface area is 78.1 Å². The Morgan fingerprint density at radius 1 is 1.54 bits per heavy atom. The molecule has 1 N–H and O–H groups in total. The molecule has 0 bridgehead atoms. The van der Waals surface area contributed by atoms with Gasteiger partial charge < -0.3 is 10.0 Å². The summed E-state index contributed by atoms with van der Waals surface area (Å²) < 4.78 is 0. The van der Waals surface area contributed by atoms with Crippen LogP contribution in [-0.4, -0.2) is 44.8 Å². The Morgan fingerprint density at radius 3 is 2.69 bits per heavy atom. The monoisotopic (exact) mass is 201 g/mol. The summed E-state index contributed by atoms with van der Waals surface area (Å²) in [6.45, 7) is 0. The second-order valence-corrected chi connectivity index (χ2v) is 4.14. The number of β-lactam (4-membered cyclic amide) rings is 1. The van der Waals surface area contributed by atoms with Crippen molar-refractivity contribution < 1.29 is 19.5 Å². The SMILES string of the molecule is O=C(O)C1C(=O)CS[C@@H]2CC(=O)N12. The summed E-state index contributed by atoms with van der Waals surface area (Å²) in [7, 11) is 0. The molecule has 2 saturated heterocycles. The molecule has 6 heteroatoms. The third-order valence-electron chi connectivity index (χ3n) is 2.18. The van der Waals surface area contributed by atoms with Gasteiger partial charge in [-0.15, -0.1) is 11.8 Å². The Bertz CT molecular complexity index is 303. The molecular weight excluding hydrogens is 194 g/mol. The Hall–Kier alpha value is -1.04. The van der Waals surface area contributed by atoms with Crippen LogP contribution in [0.15, 0.2) is 0 Å². The van der Waals surface area contributed by atoms with Gasteiger partial charge in [-0.2, -0.15) is 0 Å². The molecule has 5 nitrogen and oxygen atoms in total. The molecule has 0 aliphatic carbocycles. The van der Waals surface area contributed by atoms with E-state index in [1.165, 1.54) is 16.7 Å². The number of hydrogen-bond donors (Lipinski definition) is 1. The fourth-order valence-electron chi connectivity index (χ4n) is 1.52. The summed E-state index contributed by atoms with van der Waals surface area (Å²) in [6.07, 6.45) is 0.363. The molecule has 2 rings (SSSR count). The van der Waals surface area contributed by atoms with Gasteiger partial charge in [0.25, 0.3) is 0 Å². The van der Waals surface area contributed by atoms with Crippen molar-refractivity contribution in [2.45, 2.75) is 17.8 Å². The van der Waals surface area contributed by atoms with Gasteiger partial charge in [-0.1, -0.05) is 0 Å². The van der Waals surface area contributed by atoms with Crippen molar-refractivity contribution in [3.63, 3.8) is 0 Å². The highest BCUT2D eigenvalue weighted by Gasteiger charge is 2.50. The summed E-state index contributed by atoms with van der Waals surface area (Å²) in [4.78, 5) is 34.0. The second-order valence-electron chi connectivity index (χ2n) is 2.98. The van der Waals surface area contributed by atoms with Gasteiger partial charge in [-0.25, -0.2) is 4.79 Å². The molecule has 0 aromatic rings. The highest BCUT2D eigenvalue weighted by Crippen LogP contribution is 2.36. The zero-order chi connectivity index (χ0) is 9.59. The smallest absolute Gasteiger partial charge is 0.334 e. The topological polar surface area (TPSA) is 74.7 Å². The largest absolute Gasteiger partial charge is 0.479 e. The van der Waals surface area contributed by atoms with Crippen LogP contribution in [0, 0.1) is 0 Å². The number of Topliss-reactive ketones (excluding diaryl/α,β-unsaturated/α-hetero) is 1. The highest BCUT2D eigenvalue weighted by molar-refractivity contribution is 8.00. The number of carbonyl (C=O) groups excluding carboxylic acids is 2. The first kappa shape index (κ1) is 8.55. The van der Waals surface area contributed by atoms with Gasteiger partial charge in [0.1, 0.15) is 0 Å². The van der Waals surface area contributed by atoms with Gasteiger partial charge >= 0.3 is 5.97 Å². The number of carboxylic acid groups (broad SMARTS) is 1. The predicted molar refractivity (Wildman–Crippen MR) is 44.1 cm³/mol. The maximum absolute atomic E-state index is 11.2. The normalized spacial score (nSPS) is 32.5. The molecule has 2 fully saturated rings. The molecule has 2 aliphatic rings. The maximum Gasteiger partial charge on any atom is 0.334 e. The molecule has 70 valence electrons. The molecule has 1 unspecified atom stereocenters. The number of ketones is 1. The molecular formula is C7H7NO4S. The molecule has 0 radical (unpaired) electrons. The predicted octanol–water partition coefficient (Wildman–Crippen LogP) is -0.686. The van der Waals surface area contributed by atoms with E-state index in [1.54, 1.807) is 0 Å². The van der Waals surface area contributed by atoms with Crippen molar-refractivity contribution in [1.29, 1.82) is 0 Å². The van der Waals surface area contributed by atoms with E-state index in [9.17, 15) is 14.4 Å². The summed E-state index contributed by atoms with van der Waals surface area (Å²) in [5.41, 5.74) is 0. The number of nitrogens with zero attached hydrogens (tertiary/aromatic N) is 1. The lowest BCUT2D eigenvalue weighted by Crippen LogP contribution is -2.64. The van der Waals surface area contributed by atoms with E-state index < -0.39 is 12.0 Å². The molecule has 2 aliphatic heterocycles. The summed E-state index contributed by atoms with van der Waals surface area (Å²) >= 11 is 1.34. The molecule has 13 heavy (non-hydrogen) atoms. The minimum absolute atomic E-state index is 0.0914. The molecule has 1 amide bonds. The van der Waals surface area contributed by atoms with E-state index in [4.69, 9.17) is 5.11 Å². The van der Waals surface area contributed by atoms with Crippen molar-refractivity contribution in [2.24, 2.45) is 0 Å². The van der Waals surface area contributed by atoms with E-state index >= 15 is 0 Å². The van der Waals surface area contributed by atoms with Crippen molar-refractivity contribution in [3.05, 3.63) is 0 Å². The Kier molecular flexibility index (Phi) is 1.80. The molecule has 0 spiro atoms. The maximum atomic E-state index is 11.2. The van der Waals surface area contributed by atoms with Crippen LogP contribution in [0.25, 0.3) is 0 Å². The zero-order valence-electron chi connectivity index (χ0n) is 6.60. The quantitative estimate of drug-likeness (QED) is 0.449. The van der Waals surface area contributed by atoms with Crippen molar-refractivity contribution in [2.75, 3.05) is 5.75 Å². The number of amides is 1. The van der Waals surface area contributed by atoms with Crippen molar-refractivity contribution in [3.8, 4) is 0 Å². The standard InChI is InChI=1S/C7H7NO4S/c9-3-2-13-5-1-4(10)8(5)6(3)7(11)12/h5-6H,1-2H2,(H,11,12)/t5-,6?/m1/s1. The van der Waals surface area contributed by atoms with Gasteiger partial charge in [-0.3, -0.25) is 9.59 Å². The average Bonchev–Trinajstić information content (AvgIpc) is 2.05. The molecule has 2 atom stereocenters. The highest BCUT2D eigenvalue weighted by atomic mass is 32.2. The van der Waals surface area contributed by atoms with Gasteiger partial charge in [0, 0.05) is 0 Å². The van der Waals surface area contributed by atoms with Gasteiger partial charge in [0.2, 0.25) is 5.91 Å². The second kappa shape index (κ2) is 2.73. The van der Waals surface area contributed by atoms with E-state index in [0.717, 1.165) is 0 Å². The number of carbonyl (C=O) groups is 3. The van der Waals surface area contributed by atoms with Crippen LogP contribution in [0.4, 0.5) is 0 Å². The number of rotatable bonds is 1. The van der Waals surface area contributed by atoms with Gasteiger partial charge in [0.05, 0.1) is 17.5 Å². The molecule has 0 aromatic carbocycles. The summed E-state index contributed by atoms with van der Waals surface area (Å²) in [5.74, 6) is -1.64. The first-order valence-electron chi connectivity index (χ1n) is 3.79. The van der Waals surface area contributed by atoms with E-state index in [0.29, 0.717) is 6.42 Å². The van der Waals surface area contributed by atoms with Crippen LogP contribution in [0.1, 0.15) is 6.42 Å². The Balaban J connectivity index is 2.24. The summed E-state index contributed by atoms with van der Waals surface area (Å²) in [5, 5.41) is 8.63. The zero-order valence-corrected chi connectivity index (χ0v) is 7.41. The first-order valence-corrected chi connectivity index (χ1v) is 4.84. The van der Waals surface area contributed by atoms with Crippen LogP contribution in [0.5, 0.6) is 0 Å². The Morgan fingerprint density at radius 2 is 2.23 bits per heavy atom. The van der Waals surface area contributed by atoms with Crippen LogP contribution < -0.4 is 0 Å². The number of hydrogen-bond acceptors (Lipinski definition) is 4. The molecule has 0 aromatic heterocycles. The van der Waals surface area contributed by atoms with Crippen LogP contribution >= 0.6 is 11.8 Å². The van der Waals surface area contributed by atoms with Crippen molar-refractivity contribution >= 4 is 29.4 Å². The number of aliphatic carboxylic acids is 1. The van der Waals surface area contributed by atoms with Crippen LogP contribution in [-0.2, 0) is 14.4 Å². The van der Waals surface area contributed by atoms with Crippen molar-refractivity contribution in [1.82, 2.24) is 4.90 Å². The van der Waals surface area contributed by atoms with E-state index in [-0.39, 0.29) is 22.8 Å². The molecule has 0 saturated carbocycles. The van der Waals surface area contributed by atoms with Gasteiger partial charge in [0.15, 0.2) is 11.8 Å². The fourth-order valence-corrected chi connectivity index (χ4v) is 2.69. The lowest BCUT2D eigenvalue weighted by atomic mass is 10.1. The minimum atomic E-state index is -1.23. The molecule has 2 heterocycles.